The maximum absolute atomic E-state index is 14.2. The molecule has 0 radical (unpaired) electrons. The van der Waals surface area contributed by atoms with Crippen molar-refractivity contribution >= 4 is 41.3 Å². The molecular weight excluding hydrogens is 517 g/mol. The van der Waals surface area contributed by atoms with Gasteiger partial charge in [0.25, 0.3) is 5.56 Å². The number of esters is 2. The number of rotatable bonds is 9. The normalized spacial score (nSPS) is 15.4. The average molecular weight is 538 g/mol. The summed E-state index contributed by atoms with van der Waals surface area (Å²) in [5, 5.41) is 12.1. The predicted octanol–water partition coefficient (Wildman–Crippen LogP) is 2.81. The van der Waals surface area contributed by atoms with Crippen molar-refractivity contribution in [3.05, 3.63) is 79.5 Å². The van der Waals surface area contributed by atoms with Crippen LogP contribution in [0.15, 0.2) is 62.8 Å². The molecule has 1 aliphatic rings. The van der Waals surface area contributed by atoms with Gasteiger partial charge in [-0.25, -0.2) is 23.8 Å². The van der Waals surface area contributed by atoms with Gasteiger partial charge in [0.15, 0.2) is 10.9 Å². The van der Waals surface area contributed by atoms with Gasteiger partial charge in [-0.3, -0.25) is 4.79 Å². The first-order chi connectivity index (χ1) is 17.2. The Bertz CT molecular complexity index is 1320. The Balaban J connectivity index is 2.18. The standard InChI is InChI=1S/C23H21ClFN3O7S/c1-3-35-22(33)19-15(10-36-23-27-13(20(30)31)8-16(29)28-23)26-14(9-25)18(21(32)34-2)17(19)11-6-4-5-7-12(11)24/h4-8,17,26H,3,9-10H2,1-2H3,(H,30,31)(H,27,28,29). The van der Waals surface area contributed by atoms with E-state index in [0.29, 0.717) is 5.56 Å². The third-order valence-electron chi connectivity index (χ3n) is 5.07. The van der Waals surface area contributed by atoms with Crippen molar-refractivity contribution in [1.82, 2.24) is 15.3 Å². The first-order valence-electron chi connectivity index (χ1n) is 10.5. The van der Waals surface area contributed by atoms with Crippen LogP contribution in [0.4, 0.5) is 4.39 Å². The fraction of sp³-hybridized carbons (Fsp3) is 0.261. The summed E-state index contributed by atoms with van der Waals surface area (Å²) in [5.74, 6) is -4.28. The lowest BCUT2D eigenvalue weighted by atomic mass is 9.80. The summed E-state index contributed by atoms with van der Waals surface area (Å²) in [6.45, 7) is 0.518. The number of ether oxygens (including phenoxy) is 2. The summed E-state index contributed by atoms with van der Waals surface area (Å²) >= 11 is 7.31. The van der Waals surface area contributed by atoms with Crippen LogP contribution in [0, 0.1) is 0 Å². The van der Waals surface area contributed by atoms with Crippen LogP contribution in [0.5, 0.6) is 0 Å². The molecule has 0 saturated carbocycles. The minimum atomic E-state index is -1.39. The van der Waals surface area contributed by atoms with Gasteiger partial charge in [-0.15, -0.1) is 0 Å². The number of H-pyrrole nitrogens is 1. The molecule has 0 saturated heterocycles. The molecule has 3 rings (SSSR count). The smallest absolute Gasteiger partial charge is 0.354 e. The summed E-state index contributed by atoms with van der Waals surface area (Å²) in [6.07, 6.45) is 0. The molecule has 1 aromatic carbocycles. The Labute approximate surface area is 213 Å². The zero-order valence-electron chi connectivity index (χ0n) is 19.1. The number of carbonyl (C=O) groups is 3. The number of hydrogen-bond donors (Lipinski definition) is 3. The Kier molecular flexibility index (Phi) is 8.88. The van der Waals surface area contributed by atoms with E-state index in [4.69, 9.17) is 21.1 Å². The van der Waals surface area contributed by atoms with Crippen LogP contribution in [0.2, 0.25) is 5.02 Å². The van der Waals surface area contributed by atoms with Crippen molar-refractivity contribution in [2.24, 2.45) is 0 Å². The number of benzene rings is 1. The number of carboxylic acid groups (broad SMARTS) is 1. The molecule has 0 spiro atoms. The molecule has 190 valence electrons. The fourth-order valence-electron chi connectivity index (χ4n) is 3.60. The molecule has 0 aliphatic carbocycles. The van der Waals surface area contributed by atoms with Crippen LogP contribution in [0.25, 0.3) is 0 Å². The van der Waals surface area contributed by atoms with Gasteiger partial charge in [-0.1, -0.05) is 41.6 Å². The van der Waals surface area contributed by atoms with Gasteiger partial charge in [-0.05, 0) is 18.6 Å². The third-order valence-corrected chi connectivity index (χ3v) is 6.32. The Morgan fingerprint density at radius 3 is 2.50 bits per heavy atom. The monoisotopic (exact) mass is 537 g/mol. The molecule has 1 aliphatic heterocycles. The molecule has 10 nitrogen and oxygen atoms in total. The van der Waals surface area contributed by atoms with E-state index in [0.717, 1.165) is 24.9 Å². The number of hydrogen-bond acceptors (Lipinski definition) is 9. The van der Waals surface area contributed by atoms with Crippen molar-refractivity contribution in [3.8, 4) is 0 Å². The molecule has 1 aromatic heterocycles. The predicted molar refractivity (Wildman–Crippen MR) is 129 cm³/mol. The summed E-state index contributed by atoms with van der Waals surface area (Å²) < 4.78 is 24.3. The van der Waals surface area contributed by atoms with Crippen molar-refractivity contribution in [3.63, 3.8) is 0 Å². The maximum atomic E-state index is 14.2. The number of alkyl halides is 1. The third kappa shape index (κ3) is 5.77. The number of methoxy groups -OCH3 is 1. The number of allylic oxidation sites excluding steroid dienone is 1. The van der Waals surface area contributed by atoms with Crippen LogP contribution in [-0.4, -0.2) is 59.1 Å². The number of nitrogens with one attached hydrogen (secondary N) is 2. The number of carboxylic acids is 1. The molecule has 0 amide bonds. The molecule has 3 N–H and O–H groups in total. The molecule has 1 unspecified atom stereocenters. The lowest BCUT2D eigenvalue weighted by Crippen LogP contribution is -2.35. The molecule has 0 fully saturated rings. The Morgan fingerprint density at radius 1 is 1.19 bits per heavy atom. The Hall–Kier alpha value is -3.64. The molecule has 2 aromatic rings. The van der Waals surface area contributed by atoms with Gasteiger partial charge in [0.1, 0.15) is 6.67 Å². The van der Waals surface area contributed by atoms with Crippen molar-refractivity contribution < 1.29 is 33.4 Å². The number of dihydropyridines is 1. The van der Waals surface area contributed by atoms with Gasteiger partial charge in [-0.2, -0.15) is 0 Å². The lowest BCUT2D eigenvalue weighted by Gasteiger charge is -2.32. The average Bonchev–Trinajstić information content (AvgIpc) is 2.86. The van der Waals surface area contributed by atoms with Gasteiger partial charge in [0, 0.05) is 22.5 Å². The van der Waals surface area contributed by atoms with E-state index in [1.165, 1.54) is 0 Å². The number of nitrogens with zero attached hydrogens (tertiary/aromatic N) is 1. The second kappa shape index (κ2) is 11.9. The number of aromatic amines is 1. The fourth-order valence-corrected chi connectivity index (χ4v) is 4.69. The topological polar surface area (TPSA) is 148 Å². The van der Waals surface area contributed by atoms with E-state index in [9.17, 15) is 28.7 Å². The van der Waals surface area contributed by atoms with Gasteiger partial charge in [0.05, 0.1) is 36.5 Å². The zero-order valence-corrected chi connectivity index (χ0v) is 20.7. The number of aromatic nitrogens is 2. The molecule has 13 heteroatoms. The lowest BCUT2D eigenvalue weighted by molar-refractivity contribution is -0.139. The summed E-state index contributed by atoms with van der Waals surface area (Å²) in [7, 11) is 1.13. The van der Waals surface area contributed by atoms with Gasteiger partial charge < -0.3 is 24.9 Å². The summed E-state index contributed by atoms with van der Waals surface area (Å²) in [5.41, 5.74) is -0.965. The maximum Gasteiger partial charge on any atom is 0.354 e. The highest BCUT2D eigenvalue weighted by Crippen LogP contribution is 2.42. The number of halogens is 2. The van der Waals surface area contributed by atoms with Crippen molar-refractivity contribution in [1.29, 1.82) is 0 Å². The highest BCUT2D eigenvalue weighted by Gasteiger charge is 2.40. The van der Waals surface area contributed by atoms with Crippen molar-refractivity contribution in [2.45, 2.75) is 18.0 Å². The minimum Gasteiger partial charge on any atom is -0.477 e. The van der Waals surface area contributed by atoms with E-state index in [1.54, 1.807) is 31.2 Å². The van der Waals surface area contributed by atoms with Crippen LogP contribution < -0.4 is 10.9 Å². The van der Waals surface area contributed by atoms with E-state index in [-0.39, 0.29) is 45.1 Å². The quantitative estimate of drug-likeness (QED) is 0.248. The van der Waals surface area contributed by atoms with Crippen LogP contribution >= 0.6 is 23.4 Å². The van der Waals surface area contributed by atoms with E-state index in [2.05, 4.69) is 15.3 Å². The SMILES string of the molecule is CCOC(=O)C1=C(CSc2nc(C(=O)O)cc(=O)[nH]2)NC(CF)=C(C(=O)OC)C1c1ccccc1Cl. The van der Waals surface area contributed by atoms with Crippen LogP contribution in [0.1, 0.15) is 28.9 Å². The second-order valence-electron chi connectivity index (χ2n) is 7.24. The van der Waals surface area contributed by atoms with E-state index in [1.807, 2.05) is 0 Å². The second-order valence-corrected chi connectivity index (χ2v) is 8.61. The molecule has 36 heavy (non-hydrogen) atoms. The summed E-state index contributed by atoms with van der Waals surface area (Å²) in [6, 6.07) is 7.29. The van der Waals surface area contributed by atoms with Gasteiger partial charge in [0.2, 0.25) is 0 Å². The van der Waals surface area contributed by atoms with Crippen LogP contribution in [0.3, 0.4) is 0 Å². The summed E-state index contributed by atoms with van der Waals surface area (Å²) in [4.78, 5) is 55.3. The first kappa shape index (κ1) is 27.0. The minimum absolute atomic E-state index is 0.0147. The highest BCUT2D eigenvalue weighted by molar-refractivity contribution is 7.99. The first-order valence-corrected chi connectivity index (χ1v) is 11.8. The van der Waals surface area contributed by atoms with E-state index < -0.39 is 41.8 Å². The van der Waals surface area contributed by atoms with E-state index >= 15 is 0 Å². The molecule has 2 heterocycles. The number of aromatic carboxylic acids is 1. The Morgan fingerprint density at radius 2 is 1.89 bits per heavy atom. The van der Waals surface area contributed by atoms with Gasteiger partial charge >= 0.3 is 17.9 Å². The van der Waals surface area contributed by atoms with Crippen molar-refractivity contribution in [2.75, 3.05) is 26.1 Å². The highest BCUT2D eigenvalue weighted by atomic mass is 35.5. The number of carbonyl (C=O) groups excluding carboxylic acids is 2. The molecular formula is C23H21ClFN3O7S. The molecule has 1 atom stereocenters. The zero-order chi connectivity index (χ0) is 26.4. The number of thioether (sulfide) groups is 1. The largest absolute Gasteiger partial charge is 0.477 e. The molecule has 0 bridgehead atoms. The van der Waals surface area contributed by atoms with Crippen LogP contribution in [-0.2, 0) is 19.1 Å².